The molecule has 0 amide bonds. The Morgan fingerprint density at radius 2 is 2.42 bits per heavy atom. The van der Waals surface area contributed by atoms with Gasteiger partial charge < -0.3 is 10.8 Å². The van der Waals surface area contributed by atoms with Crippen molar-refractivity contribution in [3.8, 4) is 0 Å². The molecule has 0 aromatic rings. The lowest BCUT2D eigenvalue weighted by atomic mass is 10.1. The molecule has 0 saturated carbocycles. The number of rotatable bonds is 5. The van der Waals surface area contributed by atoms with E-state index in [-0.39, 0.29) is 6.04 Å². The van der Waals surface area contributed by atoms with Crippen molar-refractivity contribution in [2.45, 2.75) is 31.8 Å². The molecule has 0 aromatic heterocycles. The van der Waals surface area contributed by atoms with Crippen LogP contribution >= 0.6 is 0 Å². The third-order valence-electron chi connectivity index (χ3n) is 2.27. The first kappa shape index (κ1) is 9.48. The van der Waals surface area contributed by atoms with E-state index in [2.05, 4.69) is 0 Å². The van der Waals surface area contributed by atoms with Crippen LogP contribution in [0.5, 0.6) is 0 Å². The first-order chi connectivity index (χ1) is 5.66. The Bertz CT molecular complexity index is 172. The average molecular weight is 172 g/mol. The largest absolute Gasteiger partial charge is 0.480 e. The van der Waals surface area contributed by atoms with Gasteiger partial charge in [0.25, 0.3) is 0 Å². The number of aliphatic carboxylic acids is 1. The third kappa shape index (κ3) is 2.19. The van der Waals surface area contributed by atoms with Crippen LogP contribution in [0.1, 0.15) is 19.8 Å². The van der Waals surface area contributed by atoms with Gasteiger partial charge in [0.1, 0.15) is 6.04 Å². The van der Waals surface area contributed by atoms with Crippen LogP contribution < -0.4 is 5.73 Å². The summed E-state index contributed by atoms with van der Waals surface area (Å²) in [5.41, 5.74) is 5.32. The van der Waals surface area contributed by atoms with Crippen molar-refractivity contribution in [3.05, 3.63) is 0 Å². The number of hydrogen-bond donors (Lipinski definition) is 2. The van der Waals surface area contributed by atoms with Gasteiger partial charge in [-0.05, 0) is 26.3 Å². The number of carboxylic acid groups (broad SMARTS) is 1. The topological polar surface area (TPSA) is 66.3 Å². The van der Waals surface area contributed by atoms with Crippen molar-refractivity contribution in [3.63, 3.8) is 0 Å². The van der Waals surface area contributed by atoms with E-state index in [0.717, 1.165) is 13.0 Å². The van der Waals surface area contributed by atoms with Gasteiger partial charge in [0, 0.05) is 12.6 Å². The average Bonchev–Trinajstić information content (AvgIpc) is 2.67. The first-order valence-electron chi connectivity index (χ1n) is 4.35. The standard InChI is InChI=1S/C8H16N2O2/c1-6-5-10(6)7(8(11)12)3-2-4-9/h6-7H,2-5,9H2,1H3,(H,11,12)/t6?,7-,10?/m0/s1. The summed E-state index contributed by atoms with van der Waals surface area (Å²) in [7, 11) is 0. The number of nitrogens with zero attached hydrogens (tertiary/aromatic N) is 1. The molecule has 1 aliphatic rings. The van der Waals surface area contributed by atoms with Crippen LogP contribution in [0.2, 0.25) is 0 Å². The Kier molecular flexibility index (Phi) is 3.05. The third-order valence-corrected chi connectivity index (χ3v) is 2.27. The molecule has 0 spiro atoms. The van der Waals surface area contributed by atoms with Crippen molar-refractivity contribution in [2.24, 2.45) is 5.73 Å². The summed E-state index contributed by atoms with van der Waals surface area (Å²) in [4.78, 5) is 12.7. The van der Waals surface area contributed by atoms with Crippen LogP contribution in [0.15, 0.2) is 0 Å². The van der Waals surface area contributed by atoms with Crippen molar-refractivity contribution < 1.29 is 9.90 Å². The maximum Gasteiger partial charge on any atom is 0.320 e. The molecule has 1 aliphatic heterocycles. The van der Waals surface area contributed by atoms with Crippen LogP contribution in [0, 0.1) is 0 Å². The zero-order valence-corrected chi connectivity index (χ0v) is 7.36. The van der Waals surface area contributed by atoms with Gasteiger partial charge in [-0.2, -0.15) is 0 Å². The lowest BCUT2D eigenvalue weighted by Crippen LogP contribution is -2.30. The van der Waals surface area contributed by atoms with E-state index in [4.69, 9.17) is 10.8 Å². The minimum absolute atomic E-state index is 0.302. The molecule has 3 N–H and O–H groups in total. The summed E-state index contributed by atoms with van der Waals surface area (Å²) in [5.74, 6) is -0.715. The second-order valence-corrected chi connectivity index (χ2v) is 3.33. The van der Waals surface area contributed by atoms with E-state index in [9.17, 15) is 4.79 Å². The fourth-order valence-electron chi connectivity index (χ4n) is 1.43. The number of hydrogen-bond acceptors (Lipinski definition) is 3. The molecule has 1 fully saturated rings. The molecule has 0 radical (unpaired) electrons. The highest BCUT2D eigenvalue weighted by Crippen LogP contribution is 2.23. The molecule has 4 nitrogen and oxygen atoms in total. The molecule has 1 heterocycles. The predicted octanol–water partition coefficient (Wildman–Crippen LogP) is -0.117. The molecule has 4 heteroatoms. The molecule has 0 bridgehead atoms. The number of carbonyl (C=O) groups is 1. The van der Waals surface area contributed by atoms with Crippen LogP contribution in [-0.4, -0.2) is 41.1 Å². The quantitative estimate of drug-likeness (QED) is 0.567. The summed E-state index contributed by atoms with van der Waals surface area (Å²) < 4.78 is 0. The molecule has 0 aliphatic carbocycles. The van der Waals surface area contributed by atoms with Gasteiger partial charge in [0.15, 0.2) is 0 Å². The summed E-state index contributed by atoms with van der Waals surface area (Å²) in [6, 6.07) is 0.146. The Hall–Kier alpha value is -0.610. The van der Waals surface area contributed by atoms with E-state index in [1.165, 1.54) is 0 Å². The van der Waals surface area contributed by atoms with Crippen LogP contribution in [0.4, 0.5) is 0 Å². The van der Waals surface area contributed by atoms with Gasteiger partial charge in [-0.3, -0.25) is 9.69 Å². The summed E-state index contributed by atoms with van der Waals surface area (Å²) in [6.45, 7) is 3.53. The van der Waals surface area contributed by atoms with E-state index in [1.54, 1.807) is 0 Å². The van der Waals surface area contributed by atoms with Gasteiger partial charge in [-0.25, -0.2) is 0 Å². The zero-order valence-electron chi connectivity index (χ0n) is 7.36. The molecule has 3 atom stereocenters. The fourth-order valence-corrected chi connectivity index (χ4v) is 1.43. The monoisotopic (exact) mass is 172 g/mol. The Labute approximate surface area is 72.3 Å². The maximum atomic E-state index is 10.7. The second-order valence-electron chi connectivity index (χ2n) is 3.33. The Morgan fingerprint density at radius 1 is 1.83 bits per heavy atom. The smallest absolute Gasteiger partial charge is 0.320 e. The lowest BCUT2D eigenvalue weighted by molar-refractivity contribution is -0.141. The molecular weight excluding hydrogens is 156 g/mol. The van der Waals surface area contributed by atoms with Gasteiger partial charge in [0.2, 0.25) is 0 Å². The van der Waals surface area contributed by atoms with E-state index in [1.807, 2.05) is 11.8 Å². The van der Waals surface area contributed by atoms with Crippen molar-refractivity contribution in [1.82, 2.24) is 4.90 Å². The highest BCUT2D eigenvalue weighted by atomic mass is 16.4. The number of carboxylic acids is 1. The Morgan fingerprint density at radius 3 is 2.75 bits per heavy atom. The fraction of sp³-hybridized carbons (Fsp3) is 0.875. The first-order valence-corrected chi connectivity index (χ1v) is 4.35. The molecule has 0 aromatic carbocycles. The van der Waals surface area contributed by atoms with E-state index < -0.39 is 5.97 Å². The lowest BCUT2D eigenvalue weighted by Gasteiger charge is -2.12. The summed E-state index contributed by atoms with van der Waals surface area (Å²) in [5, 5.41) is 8.85. The van der Waals surface area contributed by atoms with Crippen LogP contribution in [0.3, 0.4) is 0 Å². The van der Waals surface area contributed by atoms with Crippen LogP contribution in [-0.2, 0) is 4.79 Å². The molecule has 12 heavy (non-hydrogen) atoms. The van der Waals surface area contributed by atoms with Crippen molar-refractivity contribution in [2.75, 3.05) is 13.1 Å². The molecular formula is C8H16N2O2. The predicted molar refractivity (Wildman–Crippen MR) is 45.9 cm³/mol. The zero-order chi connectivity index (χ0) is 9.14. The highest BCUT2D eigenvalue weighted by Gasteiger charge is 2.39. The van der Waals surface area contributed by atoms with Gasteiger partial charge in [0.05, 0.1) is 0 Å². The minimum atomic E-state index is -0.715. The Balaban J connectivity index is 2.34. The van der Waals surface area contributed by atoms with Crippen molar-refractivity contribution >= 4 is 5.97 Å². The minimum Gasteiger partial charge on any atom is -0.480 e. The molecule has 2 unspecified atom stereocenters. The molecule has 1 saturated heterocycles. The van der Waals surface area contributed by atoms with Gasteiger partial charge in [-0.15, -0.1) is 0 Å². The SMILES string of the molecule is CC1CN1[C@@H](CCCN)C(=O)O. The highest BCUT2D eigenvalue weighted by molar-refractivity contribution is 5.73. The maximum absolute atomic E-state index is 10.7. The van der Waals surface area contributed by atoms with E-state index >= 15 is 0 Å². The van der Waals surface area contributed by atoms with Crippen LogP contribution in [0.25, 0.3) is 0 Å². The summed E-state index contributed by atoms with van der Waals surface area (Å²) >= 11 is 0. The molecule has 70 valence electrons. The van der Waals surface area contributed by atoms with Gasteiger partial charge >= 0.3 is 5.97 Å². The van der Waals surface area contributed by atoms with E-state index in [0.29, 0.717) is 19.0 Å². The van der Waals surface area contributed by atoms with Crippen molar-refractivity contribution in [1.29, 1.82) is 0 Å². The normalized spacial score (nSPS) is 29.8. The number of nitrogens with two attached hydrogens (primary N) is 1. The molecule has 1 rings (SSSR count). The summed E-state index contributed by atoms with van der Waals surface area (Å²) in [6.07, 6.45) is 1.47. The van der Waals surface area contributed by atoms with Gasteiger partial charge in [-0.1, -0.05) is 0 Å². The second kappa shape index (κ2) is 3.87.